The van der Waals surface area contributed by atoms with Crippen LogP contribution in [0.5, 0.6) is 0 Å². The Hall–Kier alpha value is -2.50. The summed E-state index contributed by atoms with van der Waals surface area (Å²) in [7, 11) is 0. The van der Waals surface area contributed by atoms with E-state index in [1.54, 1.807) is 0 Å². The first-order valence-corrected chi connectivity index (χ1v) is 3.88. The third-order valence-electron chi connectivity index (χ3n) is 1.19. The SMILES string of the molecule is [C-]#[N+]c1ccc([N+](=O)[O-])cc1.[C-]#[O+].[C-]#[O+].[C-]#[O+].[C-]#[O+].[C-]#[O+].[W]. The van der Waals surface area contributed by atoms with Crippen LogP contribution in [-0.4, -0.2) is 4.92 Å². The molecule has 0 saturated carbocycles. The molecule has 110 valence electrons. The van der Waals surface area contributed by atoms with Crippen LogP contribution >= 0.6 is 0 Å². The minimum absolute atomic E-state index is 0. The molecule has 0 spiro atoms. The molecule has 0 heterocycles. The van der Waals surface area contributed by atoms with E-state index in [0.717, 1.165) is 0 Å². The largest absolute Gasteiger partial charge is 0 e. The van der Waals surface area contributed by atoms with Crippen molar-refractivity contribution in [2.75, 3.05) is 0 Å². The van der Waals surface area contributed by atoms with Gasteiger partial charge >= 0.3 is 56.5 Å². The van der Waals surface area contributed by atoms with Crippen LogP contribution in [0.4, 0.5) is 11.4 Å². The second-order valence-electron chi connectivity index (χ2n) is 1.89. The molecule has 0 aliphatic carbocycles. The van der Waals surface area contributed by atoms with Gasteiger partial charge in [-0.15, -0.1) is 0 Å². The Balaban J connectivity index is -0.0000000500. The van der Waals surface area contributed by atoms with Gasteiger partial charge in [-0.1, -0.05) is 0 Å². The Morgan fingerprint density at radius 3 is 1.27 bits per heavy atom. The Morgan fingerprint density at radius 2 is 1.09 bits per heavy atom. The smallest absolute Gasteiger partial charge is 0 e. The number of benzene rings is 1. The zero-order valence-electron chi connectivity index (χ0n) is 10.5. The van der Waals surface area contributed by atoms with Crippen LogP contribution < -0.4 is 0 Å². The monoisotopic (exact) mass is 472 g/mol. The van der Waals surface area contributed by atoms with Crippen LogP contribution in [0.1, 0.15) is 0 Å². The van der Waals surface area contributed by atoms with Crippen LogP contribution in [-0.2, 0) is 44.3 Å². The van der Waals surface area contributed by atoms with Crippen LogP contribution in [0.25, 0.3) is 4.85 Å². The number of non-ortho nitro benzene ring substituents is 1. The first-order valence-electron chi connectivity index (χ1n) is 3.88. The molecule has 0 aliphatic heterocycles. The summed E-state index contributed by atoms with van der Waals surface area (Å²) in [5, 5.41) is 10.1. The van der Waals surface area contributed by atoms with Gasteiger partial charge in [-0.05, 0) is 12.1 Å². The third-order valence-corrected chi connectivity index (χ3v) is 1.19. The molecule has 1 rings (SSSR count). The van der Waals surface area contributed by atoms with Crippen LogP contribution in [0.15, 0.2) is 24.3 Å². The maximum Gasteiger partial charge on any atom is 0 e. The second-order valence-corrected chi connectivity index (χ2v) is 1.89. The van der Waals surface area contributed by atoms with Crippen LogP contribution in [0.2, 0.25) is 0 Å². The molecule has 0 aromatic heterocycles. The van der Waals surface area contributed by atoms with E-state index in [1.807, 2.05) is 0 Å². The number of rotatable bonds is 1. The predicted molar refractivity (Wildman–Crippen MR) is 59.0 cm³/mol. The van der Waals surface area contributed by atoms with Crippen molar-refractivity contribution in [1.29, 1.82) is 0 Å². The number of nitro groups is 1. The number of nitro benzene ring substituents is 1. The van der Waals surface area contributed by atoms with Gasteiger partial charge in [-0.2, -0.15) is 0 Å². The third kappa shape index (κ3) is 26.1. The van der Waals surface area contributed by atoms with E-state index < -0.39 is 4.92 Å². The number of hydrogen-bond acceptors (Lipinski definition) is 2. The molecule has 0 aliphatic rings. The average molecular weight is 472 g/mol. The van der Waals surface area contributed by atoms with E-state index in [-0.39, 0.29) is 26.8 Å². The molecular formula is C12H4N2O7W. The topological polar surface area (TPSA) is 147 Å². The van der Waals surface area contributed by atoms with Gasteiger partial charge in [0.1, 0.15) is 0 Å². The molecule has 0 bridgehead atoms. The Labute approximate surface area is 140 Å². The molecule has 22 heavy (non-hydrogen) atoms. The molecule has 0 radical (unpaired) electrons. The van der Waals surface area contributed by atoms with E-state index in [4.69, 9.17) is 29.8 Å². The van der Waals surface area contributed by atoms with Gasteiger partial charge in [0.25, 0.3) is 5.69 Å². The van der Waals surface area contributed by atoms with Crippen molar-refractivity contribution >= 4 is 11.4 Å². The molecular weight excluding hydrogens is 468 g/mol. The fourth-order valence-electron chi connectivity index (χ4n) is 0.649. The van der Waals surface area contributed by atoms with Gasteiger partial charge in [-0.3, -0.25) is 10.1 Å². The summed E-state index contributed by atoms with van der Waals surface area (Å²) < 4.78 is 37.5. The van der Waals surface area contributed by atoms with Crippen molar-refractivity contribution in [3.05, 3.63) is 79.0 Å². The molecule has 0 unspecified atom stereocenters. The van der Waals surface area contributed by atoms with Crippen molar-refractivity contribution in [2.45, 2.75) is 0 Å². The quantitative estimate of drug-likeness (QED) is 0.266. The summed E-state index contributed by atoms with van der Waals surface area (Å²) >= 11 is 0. The first-order chi connectivity index (χ1) is 10.2. The average Bonchev–Trinajstić information content (AvgIpc) is 2.63. The summed E-state index contributed by atoms with van der Waals surface area (Å²) in [6.45, 7) is 29.1. The number of hydrogen-bond donors (Lipinski definition) is 0. The van der Waals surface area contributed by atoms with Crippen LogP contribution in [0.3, 0.4) is 0 Å². The molecule has 1 aromatic rings. The molecule has 9 nitrogen and oxygen atoms in total. The van der Waals surface area contributed by atoms with Crippen molar-refractivity contribution < 1.29 is 49.2 Å². The maximum atomic E-state index is 10.1. The molecule has 0 amide bonds. The molecule has 0 fully saturated rings. The summed E-state index contributed by atoms with van der Waals surface area (Å²) in [5.41, 5.74) is 0.424. The van der Waals surface area contributed by atoms with E-state index in [1.165, 1.54) is 24.3 Å². The second kappa shape index (κ2) is 42.8. The van der Waals surface area contributed by atoms with E-state index in [2.05, 4.69) is 38.1 Å². The minimum atomic E-state index is -0.492. The summed E-state index contributed by atoms with van der Waals surface area (Å²) in [6, 6.07) is 5.47. The normalized spacial score (nSPS) is 4.77. The predicted octanol–water partition coefficient (Wildman–Crippen LogP) is 1.96. The zero-order valence-corrected chi connectivity index (χ0v) is 13.4. The fraction of sp³-hybridized carbons (Fsp3) is 0. The molecule has 0 atom stereocenters. The van der Waals surface area contributed by atoms with E-state index in [0.29, 0.717) is 5.69 Å². The van der Waals surface area contributed by atoms with Crippen LogP contribution in [0, 0.1) is 49.9 Å². The number of nitrogens with zero attached hydrogens (tertiary/aromatic N) is 2. The van der Waals surface area contributed by atoms with Gasteiger partial charge < -0.3 is 0 Å². The first kappa shape index (κ1) is 36.6. The Kier molecular flexibility index (Phi) is 71.3. The van der Waals surface area contributed by atoms with Gasteiger partial charge in [0.05, 0.1) is 11.5 Å². The van der Waals surface area contributed by atoms with E-state index in [9.17, 15) is 10.1 Å². The molecule has 10 heteroatoms. The molecule has 0 saturated heterocycles. The van der Waals surface area contributed by atoms with Gasteiger partial charge in [0.2, 0.25) is 0 Å². The van der Waals surface area contributed by atoms with Crippen molar-refractivity contribution in [3.8, 4) is 0 Å². The summed E-state index contributed by atoms with van der Waals surface area (Å²) in [5.74, 6) is 0. The Morgan fingerprint density at radius 1 is 0.818 bits per heavy atom. The van der Waals surface area contributed by atoms with Crippen molar-refractivity contribution in [2.24, 2.45) is 0 Å². The minimum Gasteiger partial charge on any atom is 0 e. The molecule has 0 N–H and O–H groups in total. The van der Waals surface area contributed by atoms with E-state index >= 15 is 0 Å². The van der Waals surface area contributed by atoms with Gasteiger partial charge in [-0.25, -0.2) is 4.85 Å². The van der Waals surface area contributed by atoms with Gasteiger partial charge in [0.15, 0.2) is 5.69 Å². The maximum absolute atomic E-state index is 10.1. The zero-order chi connectivity index (χ0) is 18.3. The standard InChI is InChI=1S/C7H4N2O2.5CO.W/c1-8-6-2-4-7(5-3-6)9(10)11;5*1-2;/h2-5H;;;;;;. The Bertz CT molecular complexity index is 475. The van der Waals surface area contributed by atoms with Gasteiger partial charge in [0, 0.05) is 33.2 Å². The fourth-order valence-corrected chi connectivity index (χ4v) is 0.649. The summed E-state index contributed by atoms with van der Waals surface area (Å²) in [4.78, 5) is 12.7. The molecule has 1 aromatic carbocycles. The van der Waals surface area contributed by atoms with Crippen molar-refractivity contribution in [3.63, 3.8) is 0 Å². The summed E-state index contributed by atoms with van der Waals surface area (Å²) in [6.07, 6.45) is 0. The van der Waals surface area contributed by atoms with Crippen molar-refractivity contribution in [1.82, 2.24) is 0 Å².